The minimum Gasteiger partial charge on any atom is -0.477 e. The lowest BCUT2D eigenvalue weighted by molar-refractivity contribution is 0.208. The molecule has 0 aromatic carbocycles. The maximum atomic E-state index is 5.61. The predicted molar refractivity (Wildman–Crippen MR) is 50.8 cm³/mol. The van der Waals surface area contributed by atoms with E-state index in [2.05, 4.69) is 39.5 Å². The van der Waals surface area contributed by atoms with Gasteiger partial charge >= 0.3 is 0 Å². The van der Waals surface area contributed by atoms with Crippen molar-refractivity contribution in [3.63, 3.8) is 0 Å². The van der Waals surface area contributed by atoms with Gasteiger partial charge in [-0.3, -0.25) is 0 Å². The maximum Gasteiger partial charge on any atom is 0.188 e. The first-order valence-corrected chi connectivity index (χ1v) is 4.62. The molecule has 12 heavy (non-hydrogen) atoms. The molecule has 0 spiro atoms. The Morgan fingerprint density at radius 3 is 2.42 bits per heavy atom. The highest BCUT2D eigenvalue weighted by Crippen LogP contribution is 2.25. The largest absolute Gasteiger partial charge is 0.477 e. The van der Waals surface area contributed by atoms with Crippen LogP contribution in [-0.4, -0.2) is 23.6 Å². The van der Waals surface area contributed by atoms with E-state index in [4.69, 9.17) is 4.74 Å². The molecule has 70 valence electrons. The average molecular weight is 169 g/mol. The van der Waals surface area contributed by atoms with Gasteiger partial charge < -0.3 is 9.64 Å². The summed E-state index contributed by atoms with van der Waals surface area (Å²) in [5, 5.41) is 0. The van der Waals surface area contributed by atoms with Gasteiger partial charge in [-0.2, -0.15) is 0 Å². The fourth-order valence-electron chi connectivity index (χ4n) is 1.70. The van der Waals surface area contributed by atoms with Gasteiger partial charge in [-0.15, -0.1) is 0 Å². The molecule has 0 aromatic rings. The highest BCUT2D eigenvalue weighted by atomic mass is 16.5. The summed E-state index contributed by atoms with van der Waals surface area (Å²) in [4.78, 5) is 2.34. The van der Waals surface area contributed by atoms with E-state index in [9.17, 15) is 0 Å². The normalized spacial score (nSPS) is 23.3. The molecule has 0 saturated carbocycles. The van der Waals surface area contributed by atoms with Crippen molar-refractivity contribution in [2.45, 2.75) is 46.7 Å². The van der Waals surface area contributed by atoms with Crippen LogP contribution in [0.4, 0.5) is 0 Å². The van der Waals surface area contributed by atoms with Crippen LogP contribution in [0.25, 0.3) is 0 Å². The molecule has 1 saturated heterocycles. The highest BCUT2D eigenvalue weighted by Gasteiger charge is 2.28. The standard InChI is InChI=1S/C10H19NO/c1-7(2)10-11(8(3)4)9(5)6-12-10/h8-9H,6H2,1-5H3/t9-/m0/s1. The Bertz CT molecular complexity index is 192. The summed E-state index contributed by atoms with van der Waals surface area (Å²) in [6.45, 7) is 11.6. The first-order valence-electron chi connectivity index (χ1n) is 4.62. The van der Waals surface area contributed by atoms with E-state index >= 15 is 0 Å². The second kappa shape index (κ2) is 3.38. The monoisotopic (exact) mass is 169 g/mol. The van der Waals surface area contributed by atoms with Crippen LogP contribution in [0.5, 0.6) is 0 Å². The van der Waals surface area contributed by atoms with Crippen molar-refractivity contribution in [2.24, 2.45) is 0 Å². The Morgan fingerprint density at radius 2 is 2.08 bits per heavy atom. The molecule has 0 aliphatic carbocycles. The Labute approximate surface area is 75.2 Å². The summed E-state index contributed by atoms with van der Waals surface area (Å²) in [6, 6.07) is 1.06. The van der Waals surface area contributed by atoms with Crippen molar-refractivity contribution in [3.8, 4) is 0 Å². The van der Waals surface area contributed by atoms with Crippen molar-refractivity contribution < 1.29 is 4.74 Å². The highest BCUT2D eigenvalue weighted by molar-refractivity contribution is 5.07. The summed E-state index contributed by atoms with van der Waals surface area (Å²) in [7, 11) is 0. The molecule has 1 fully saturated rings. The van der Waals surface area contributed by atoms with Crippen LogP contribution >= 0.6 is 0 Å². The quantitative estimate of drug-likeness (QED) is 0.597. The Hall–Kier alpha value is -0.660. The summed E-state index contributed by atoms with van der Waals surface area (Å²) in [5.74, 6) is 1.08. The van der Waals surface area contributed by atoms with Gasteiger partial charge in [-0.05, 0) is 40.2 Å². The minimum absolute atomic E-state index is 0.523. The van der Waals surface area contributed by atoms with E-state index in [-0.39, 0.29) is 0 Å². The smallest absolute Gasteiger partial charge is 0.188 e. The molecule has 0 aromatic heterocycles. The molecular formula is C10H19NO. The van der Waals surface area contributed by atoms with Gasteiger partial charge in [0.15, 0.2) is 5.88 Å². The molecule has 1 aliphatic rings. The van der Waals surface area contributed by atoms with Gasteiger partial charge in [0.2, 0.25) is 0 Å². The molecule has 1 aliphatic heterocycles. The fraction of sp³-hybridized carbons (Fsp3) is 0.800. The minimum atomic E-state index is 0.523. The Balaban J connectivity index is 2.85. The molecule has 0 bridgehead atoms. The number of hydrogen-bond acceptors (Lipinski definition) is 2. The lowest BCUT2D eigenvalue weighted by Crippen LogP contribution is -2.33. The molecule has 2 heteroatoms. The third-order valence-electron chi connectivity index (χ3n) is 2.15. The average Bonchev–Trinajstić information content (AvgIpc) is 2.30. The van der Waals surface area contributed by atoms with Gasteiger partial charge in [0.1, 0.15) is 6.61 Å². The van der Waals surface area contributed by atoms with Crippen LogP contribution in [0.3, 0.4) is 0 Å². The lowest BCUT2D eigenvalue weighted by Gasteiger charge is -2.26. The molecule has 0 N–H and O–H groups in total. The van der Waals surface area contributed by atoms with Gasteiger partial charge in [-0.25, -0.2) is 0 Å². The van der Waals surface area contributed by atoms with E-state index in [1.54, 1.807) is 0 Å². The van der Waals surface area contributed by atoms with Crippen molar-refractivity contribution in [3.05, 3.63) is 11.5 Å². The zero-order chi connectivity index (χ0) is 9.30. The molecule has 0 unspecified atom stereocenters. The summed E-state index contributed by atoms with van der Waals surface area (Å²) in [5.41, 5.74) is 1.27. The maximum absolute atomic E-state index is 5.61. The van der Waals surface area contributed by atoms with Crippen LogP contribution in [-0.2, 0) is 4.74 Å². The molecule has 1 atom stereocenters. The van der Waals surface area contributed by atoms with E-state index in [1.165, 1.54) is 5.57 Å². The van der Waals surface area contributed by atoms with E-state index in [1.807, 2.05) is 0 Å². The zero-order valence-electron chi connectivity index (χ0n) is 8.72. The predicted octanol–water partition coefficient (Wildman–Crippen LogP) is 2.37. The Morgan fingerprint density at radius 1 is 1.50 bits per heavy atom. The van der Waals surface area contributed by atoms with E-state index in [0.29, 0.717) is 12.1 Å². The third kappa shape index (κ3) is 1.57. The van der Waals surface area contributed by atoms with Crippen LogP contribution < -0.4 is 0 Å². The Kier molecular flexibility index (Phi) is 2.65. The summed E-state index contributed by atoms with van der Waals surface area (Å²) >= 11 is 0. The van der Waals surface area contributed by atoms with E-state index < -0.39 is 0 Å². The second-order valence-electron chi connectivity index (χ2n) is 3.97. The molecule has 0 amide bonds. The number of ether oxygens (including phenoxy) is 1. The van der Waals surface area contributed by atoms with Crippen LogP contribution in [0.15, 0.2) is 11.5 Å². The third-order valence-corrected chi connectivity index (χ3v) is 2.15. The van der Waals surface area contributed by atoms with Crippen LogP contribution in [0.1, 0.15) is 34.6 Å². The van der Waals surface area contributed by atoms with Crippen molar-refractivity contribution in [2.75, 3.05) is 6.61 Å². The first-order chi connectivity index (χ1) is 5.54. The second-order valence-corrected chi connectivity index (χ2v) is 3.97. The van der Waals surface area contributed by atoms with Crippen molar-refractivity contribution in [1.29, 1.82) is 0 Å². The van der Waals surface area contributed by atoms with Gasteiger partial charge in [0.25, 0.3) is 0 Å². The number of rotatable bonds is 1. The molecule has 2 nitrogen and oxygen atoms in total. The lowest BCUT2D eigenvalue weighted by atomic mass is 10.2. The fourth-order valence-corrected chi connectivity index (χ4v) is 1.70. The van der Waals surface area contributed by atoms with Crippen molar-refractivity contribution >= 4 is 0 Å². The number of allylic oxidation sites excluding steroid dienone is 1. The summed E-state index contributed by atoms with van der Waals surface area (Å²) < 4.78 is 5.61. The summed E-state index contributed by atoms with van der Waals surface area (Å²) in [6.07, 6.45) is 0. The van der Waals surface area contributed by atoms with E-state index in [0.717, 1.165) is 12.5 Å². The first kappa shape index (κ1) is 9.43. The van der Waals surface area contributed by atoms with Gasteiger partial charge in [-0.1, -0.05) is 0 Å². The SMILES string of the molecule is CC(C)=C1OC[C@H](C)N1C(C)C. The van der Waals surface area contributed by atoms with Crippen LogP contribution in [0.2, 0.25) is 0 Å². The van der Waals surface area contributed by atoms with Crippen molar-refractivity contribution in [1.82, 2.24) is 4.90 Å². The molecular weight excluding hydrogens is 150 g/mol. The van der Waals surface area contributed by atoms with Crippen LogP contribution in [0, 0.1) is 0 Å². The topological polar surface area (TPSA) is 12.5 Å². The zero-order valence-corrected chi connectivity index (χ0v) is 8.72. The van der Waals surface area contributed by atoms with Gasteiger partial charge in [0, 0.05) is 6.04 Å². The van der Waals surface area contributed by atoms with Gasteiger partial charge in [0.05, 0.1) is 6.04 Å². The molecule has 1 rings (SSSR count). The molecule has 0 radical (unpaired) electrons. The molecule has 1 heterocycles. The number of nitrogens with zero attached hydrogens (tertiary/aromatic N) is 1. The number of hydrogen-bond donors (Lipinski definition) is 0.